The Labute approximate surface area is 124 Å². The molecule has 0 bridgehead atoms. The molecule has 20 heavy (non-hydrogen) atoms. The molecule has 0 radical (unpaired) electrons. The fourth-order valence-electron chi connectivity index (χ4n) is 1.59. The van der Waals surface area contributed by atoms with E-state index in [2.05, 4.69) is 21.2 Å². The van der Waals surface area contributed by atoms with Gasteiger partial charge in [-0.25, -0.2) is 0 Å². The molecule has 1 atom stereocenters. The van der Waals surface area contributed by atoms with E-state index >= 15 is 0 Å². The molecule has 8 heteroatoms. The van der Waals surface area contributed by atoms with Crippen molar-refractivity contribution in [3.05, 3.63) is 32.3 Å². The number of nitrogens with zero attached hydrogens (tertiary/aromatic N) is 1. The molecule has 0 saturated carbocycles. The molecule has 0 aliphatic carbocycles. The molecule has 0 unspecified atom stereocenters. The lowest BCUT2D eigenvalue weighted by molar-refractivity contribution is -0.386. The van der Waals surface area contributed by atoms with E-state index in [9.17, 15) is 20.0 Å². The van der Waals surface area contributed by atoms with Gasteiger partial charge in [0.25, 0.3) is 5.91 Å². The van der Waals surface area contributed by atoms with E-state index in [-0.39, 0.29) is 29.5 Å². The summed E-state index contributed by atoms with van der Waals surface area (Å²) in [7, 11) is 0. The molecular weight excluding hydrogens is 332 g/mol. The third kappa shape index (κ3) is 4.17. The largest absolute Gasteiger partial charge is 0.476 e. The molecule has 0 heterocycles. The zero-order valence-electron chi connectivity index (χ0n) is 11.1. The lowest BCUT2D eigenvalue weighted by Crippen LogP contribution is -2.28. The second-order valence-corrected chi connectivity index (χ2v) is 4.93. The van der Waals surface area contributed by atoms with Crippen LogP contribution in [0.2, 0.25) is 0 Å². The summed E-state index contributed by atoms with van der Waals surface area (Å²) in [5.74, 6) is -0.485. The first-order valence-corrected chi connectivity index (χ1v) is 6.71. The van der Waals surface area contributed by atoms with Crippen molar-refractivity contribution in [3.8, 4) is 5.75 Å². The van der Waals surface area contributed by atoms with Crippen LogP contribution in [0.1, 0.15) is 25.5 Å². The van der Waals surface area contributed by atoms with Crippen molar-refractivity contribution < 1.29 is 19.6 Å². The van der Waals surface area contributed by atoms with E-state index in [1.807, 2.05) is 0 Å². The number of nitro groups is 1. The number of benzene rings is 1. The number of carbonyl (C=O) groups excluding carboxylic acids is 1. The number of nitrogens with one attached hydrogen (secondary N) is 1. The van der Waals surface area contributed by atoms with E-state index in [1.54, 1.807) is 6.92 Å². The number of ether oxygens (including phenoxy) is 1. The molecule has 0 aromatic heterocycles. The van der Waals surface area contributed by atoms with Gasteiger partial charge in [-0.05, 0) is 19.9 Å². The van der Waals surface area contributed by atoms with Crippen LogP contribution in [0, 0.1) is 10.1 Å². The van der Waals surface area contributed by atoms with Gasteiger partial charge in [-0.15, -0.1) is 0 Å². The number of aliphatic hydroxyl groups excluding tert-OH is 1. The van der Waals surface area contributed by atoms with E-state index in [4.69, 9.17) is 4.74 Å². The molecule has 2 N–H and O–H groups in total. The molecule has 0 saturated heterocycles. The van der Waals surface area contributed by atoms with Crippen molar-refractivity contribution in [1.29, 1.82) is 0 Å². The van der Waals surface area contributed by atoms with E-state index in [0.717, 1.165) is 0 Å². The van der Waals surface area contributed by atoms with Crippen molar-refractivity contribution in [2.45, 2.75) is 20.0 Å². The third-order valence-electron chi connectivity index (χ3n) is 2.43. The maximum atomic E-state index is 11.4. The number of amides is 1. The number of aliphatic hydroxyl groups is 1. The zero-order valence-corrected chi connectivity index (χ0v) is 12.6. The highest BCUT2D eigenvalue weighted by atomic mass is 79.9. The Balaban J connectivity index is 3.13. The van der Waals surface area contributed by atoms with Gasteiger partial charge in [-0.2, -0.15) is 0 Å². The standard InChI is InChI=1S/C12H15BrN2O5/c1-3-14-11(17)6-20-12-9(7(2)16)4-8(13)5-10(12)15(18)19/h4-5,7,16H,3,6H2,1-2H3,(H,14,17)/t7-/m0/s1. The van der Waals surface area contributed by atoms with Gasteiger partial charge in [-0.1, -0.05) is 15.9 Å². The van der Waals surface area contributed by atoms with Crippen LogP contribution in [0.5, 0.6) is 5.75 Å². The molecule has 0 aliphatic heterocycles. The lowest BCUT2D eigenvalue weighted by atomic mass is 10.1. The number of nitro benzene ring substituents is 1. The van der Waals surface area contributed by atoms with Gasteiger partial charge >= 0.3 is 5.69 Å². The van der Waals surface area contributed by atoms with Crippen LogP contribution in [0.15, 0.2) is 16.6 Å². The first kappa shape index (κ1) is 16.4. The Morgan fingerprint density at radius 2 is 2.25 bits per heavy atom. The molecule has 0 aliphatic rings. The Bertz CT molecular complexity index is 519. The van der Waals surface area contributed by atoms with Crippen LogP contribution in [0.4, 0.5) is 5.69 Å². The number of hydrogen-bond acceptors (Lipinski definition) is 5. The Morgan fingerprint density at radius 1 is 1.60 bits per heavy atom. The fourth-order valence-corrected chi connectivity index (χ4v) is 2.05. The van der Waals surface area contributed by atoms with E-state index in [0.29, 0.717) is 11.0 Å². The van der Waals surface area contributed by atoms with Gasteiger partial charge in [-0.3, -0.25) is 14.9 Å². The number of halogens is 1. The average Bonchev–Trinajstić information content (AvgIpc) is 2.36. The number of likely N-dealkylation sites (N-methyl/N-ethyl adjacent to an activating group) is 1. The summed E-state index contributed by atoms with van der Waals surface area (Å²) in [4.78, 5) is 21.8. The van der Waals surface area contributed by atoms with Gasteiger partial charge in [0.1, 0.15) is 0 Å². The molecular formula is C12H15BrN2O5. The molecule has 0 fully saturated rings. The van der Waals surface area contributed by atoms with Crippen molar-refractivity contribution >= 4 is 27.5 Å². The molecule has 7 nitrogen and oxygen atoms in total. The predicted molar refractivity (Wildman–Crippen MR) is 75.6 cm³/mol. The third-order valence-corrected chi connectivity index (χ3v) is 2.89. The Morgan fingerprint density at radius 3 is 2.75 bits per heavy atom. The molecule has 1 rings (SSSR count). The van der Waals surface area contributed by atoms with Crippen LogP contribution in [0.25, 0.3) is 0 Å². The highest BCUT2D eigenvalue weighted by Gasteiger charge is 2.23. The minimum atomic E-state index is -0.963. The molecule has 1 aromatic rings. The van der Waals surface area contributed by atoms with Crippen LogP contribution in [-0.2, 0) is 4.79 Å². The first-order valence-electron chi connectivity index (χ1n) is 5.92. The van der Waals surface area contributed by atoms with Gasteiger partial charge in [0.15, 0.2) is 6.61 Å². The van der Waals surface area contributed by atoms with Crippen molar-refractivity contribution in [2.75, 3.05) is 13.2 Å². The molecule has 0 spiro atoms. The quantitative estimate of drug-likeness (QED) is 0.605. The summed E-state index contributed by atoms with van der Waals surface area (Å²) in [5.41, 5.74) is -0.0602. The number of rotatable bonds is 6. The van der Waals surface area contributed by atoms with Crippen LogP contribution < -0.4 is 10.1 Å². The average molecular weight is 347 g/mol. The van der Waals surface area contributed by atoms with Crippen LogP contribution in [0.3, 0.4) is 0 Å². The van der Waals surface area contributed by atoms with Crippen molar-refractivity contribution in [2.24, 2.45) is 0 Å². The Kier molecular flexibility index (Phi) is 5.90. The minimum absolute atomic E-state index is 0.0977. The first-order chi connectivity index (χ1) is 9.36. The summed E-state index contributed by atoms with van der Waals surface area (Å²) in [6, 6.07) is 2.78. The van der Waals surface area contributed by atoms with Gasteiger partial charge in [0.05, 0.1) is 11.0 Å². The van der Waals surface area contributed by atoms with Crippen LogP contribution in [-0.4, -0.2) is 29.1 Å². The highest BCUT2D eigenvalue weighted by molar-refractivity contribution is 9.10. The maximum absolute atomic E-state index is 11.4. The van der Waals surface area contributed by atoms with Gasteiger partial charge < -0.3 is 15.2 Å². The maximum Gasteiger partial charge on any atom is 0.312 e. The zero-order chi connectivity index (χ0) is 15.3. The van der Waals surface area contributed by atoms with E-state index in [1.165, 1.54) is 19.1 Å². The van der Waals surface area contributed by atoms with Crippen molar-refractivity contribution in [3.63, 3.8) is 0 Å². The number of hydrogen-bond donors (Lipinski definition) is 2. The normalized spacial score (nSPS) is 11.8. The predicted octanol–water partition coefficient (Wildman–Crippen LogP) is 1.93. The molecule has 1 aromatic carbocycles. The topological polar surface area (TPSA) is 102 Å². The summed E-state index contributed by atoms with van der Waals surface area (Å²) in [5, 5.41) is 23.2. The SMILES string of the molecule is CCNC(=O)COc1c([C@H](C)O)cc(Br)cc1[N+](=O)[O-]. The summed E-state index contributed by atoms with van der Waals surface area (Å²) in [6.45, 7) is 3.30. The lowest BCUT2D eigenvalue weighted by Gasteiger charge is -2.14. The molecule has 1 amide bonds. The minimum Gasteiger partial charge on any atom is -0.476 e. The number of carbonyl (C=O) groups is 1. The van der Waals surface area contributed by atoms with Gasteiger partial charge in [0, 0.05) is 22.6 Å². The van der Waals surface area contributed by atoms with Crippen molar-refractivity contribution in [1.82, 2.24) is 5.32 Å². The second kappa shape index (κ2) is 7.20. The van der Waals surface area contributed by atoms with Crippen LogP contribution >= 0.6 is 15.9 Å². The van der Waals surface area contributed by atoms with E-state index < -0.39 is 11.0 Å². The Hall–Kier alpha value is -1.67. The smallest absolute Gasteiger partial charge is 0.312 e. The van der Waals surface area contributed by atoms with Gasteiger partial charge in [0.2, 0.25) is 5.75 Å². The summed E-state index contributed by atoms with van der Waals surface area (Å²) < 4.78 is 5.68. The monoisotopic (exact) mass is 346 g/mol. The summed E-state index contributed by atoms with van der Waals surface area (Å²) in [6.07, 6.45) is -0.963. The summed E-state index contributed by atoms with van der Waals surface area (Å²) >= 11 is 3.14. The fraction of sp³-hybridized carbons (Fsp3) is 0.417. The molecule has 110 valence electrons. The highest BCUT2D eigenvalue weighted by Crippen LogP contribution is 2.37. The second-order valence-electron chi connectivity index (χ2n) is 4.02.